The maximum Gasteiger partial charge on any atom is 0.326 e. The number of carbonyl (C=O) groups excluding carboxylic acids is 3. The molecule has 15 nitrogen and oxygen atoms in total. The van der Waals surface area contributed by atoms with Crippen LogP contribution in [0.5, 0.6) is 0 Å². The van der Waals surface area contributed by atoms with Crippen LogP contribution >= 0.6 is 12.6 Å². The second kappa shape index (κ2) is 18.3. The monoisotopic (exact) mass is 580 g/mol. The Morgan fingerprint density at radius 1 is 0.775 bits per heavy atom. The van der Waals surface area contributed by atoms with Gasteiger partial charge in [0.15, 0.2) is 11.9 Å². The van der Waals surface area contributed by atoms with Crippen molar-refractivity contribution < 1.29 is 24.3 Å². The number of carboxylic acids is 1. The molecule has 40 heavy (non-hydrogen) atoms. The van der Waals surface area contributed by atoms with Gasteiger partial charge >= 0.3 is 5.97 Å². The van der Waals surface area contributed by atoms with Crippen LogP contribution in [0.2, 0.25) is 0 Å². The van der Waals surface area contributed by atoms with E-state index in [4.69, 9.17) is 28.7 Å². The SMILES string of the molecule is NC(N)=NCCCC(NC(=O)C(Cc1ccccc1)NC(=O)C(CCCN=C(N)N)NC(=O)C(N)CS)C(=O)O. The minimum atomic E-state index is -1.26. The Hall–Kier alpha value is -4.05. The maximum atomic E-state index is 13.3. The van der Waals surface area contributed by atoms with Crippen LogP contribution in [-0.2, 0) is 25.6 Å². The average Bonchev–Trinajstić information content (AvgIpc) is 2.90. The van der Waals surface area contributed by atoms with Crippen molar-refractivity contribution in [3.05, 3.63) is 35.9 Å². The molecule has 3 amide bonds. The Labute approximate surface area is 238 Å². The molecule has 14 N–H and O–H groups in total. The molecule has 0 aliphatic rings. The zero-order valence-corrected chi connectivity index (χ0v) is 23.1. The van der Waals surface area contributed by atoms with Gasteiger partial charge in [0.25, 0.3) is 0 Å². The van der Waals surface area contributed by atoms with Crippen molar-refractivity contribution in [3.8, 4) is 0 Å². The second-order valence-electron chi connectivity index (χ2n) is 8.90. The van der Waals surface area contributed by atoms with Gasteiger partial charge < -0.3 is 49.7 Å². The smallest absolute Gasteiger partial charge is 0.326 e. The Morgan fingerprint density at radius 2 is 1.25 bits per heavy atom. The van der Waals surface area contributed by atoms with Gasteiger partial charge in [-0.1, -0.05) is 30.3 Å². The number of aliphatic carboxylic acids is 1. The van der Waals surface area contributed by atoms with Gasteiger partial charge in [-0.25, -0.2) is 4.79 Å². The molecule has 0 heterocycles. The number of nitrogens with two attached hydrogens (primary N) is 5. The fourth-order valence-corrected chi connectivity index (χ4v) is 3.66. The molecule has 0 fully saturated rings. The van der Waals surface area contributed by atoms with Gasteiger partial charge in [-0.3, -0.25) is 24.4 Å². The predicted octanol–water partition coefficient (Wildman–Crippen LogP) is -2.87. The predicted molar refractivity (Wildman–Crippen MR) is 155 cm³/mol. The fraction of sp³-hybridized carbons (Fsp3) is 0.500. The zero-order valence-electron chi connectivity index (χ0n) is 22.2. The lowest BCUT2D eigenvalue weighted by Crippen LogP contribution is -2.57. The van der Waals surface area contributed by atoms with Crippen LogP contribution in [-0.4, -0.2) is 83.7 Å². The molecule has 1 aromatic carbocycles. The molecule has 0 aromatic heterocycles. The molecule has 4 atom stereocenters. The lowest BCUT2D eigenvalue weighted by Gasteiger charge is -2.25. The normalized spacial score (nSPS) is 13.6. The third-order valence-electron chi connectivity index (χ3n) is 5.59. The number of hydrogen-bond acceptors (Lipinski definition) is 8. The van der Waals surface area contributed by atoms with E-state index in [-0.39, 0.29) is 50.0 Å². The molecular weight excluding hydrogens is 540 g/mol. The van der Waals surface area contributed by atoms with Crippen LogP contribution in [0, 0.1) is 0 Å². The number of benzene rings is 1. The summed E-state index contributed by atoms with van der Waals surface area (Å²) in [6.07, 6.45) is 0.868. The minimum absolute atomic E-state index is 0.0486. The van der Waals surface area contributed by atoms with Crippen LogP contribution in [0.25, 0.3) is 0 Å². The molecule has 0 radical (unpaired) electrons. The summed E-state index contributed by atoms with van der Waals surface area (Å²) >= 11 is 4.01. The third-order valence-corrected chi connectivity index (χ3v) is 5.98. The topological polar surface area (TPSA) is 279 Å². The van der Waals surface area contributed by atoms with Gasteiger partial charge in [0.2, 0.25) is 17.7 Å². The number of nitrogens with zero attached hydrogens (tertiary/aromatic N) is 2. The first-order chi connectivity index (χ1) is 18.9. The molecule has 0 aliphatic heterocycles. The van der Waals surface area contributed by atoms with E-state index in [1.54, 1.807) is 30.3 Å². The Bertz CT molecular complexity index is 1030. The molecule has 0 saturated carbocycles. The van der Waals surface area contributed by atoms with Crippen molar-refractivity contribution in [2.75, 3.05) is 18.8 Å². The molecule has 0 aliphatic carbocycles. The second-order valence-corrected chi connectivity index (χ2v) is 9.26. The Morgan fingerprint density at radius 3 is 1.75 bits per heavy atom. The van der Waals surface area contributed by atoms with Crippen LogP contribution in [0.1, 0.15) is 31.2 Å². The number of carbonyl (C=O) groups is 4. The Kier molecular flexibility index (Phi) is 15.5. The number of amides is 3. The number of aliphatic imine (C=N–C) groups is 2. The van der Waals surface area contributed by atoms with Crippen molar-refractivity contribution in [1.82, 2.24) is 16.0 Å². The van der Waals surface area contributed by atoms with Crippen molar-refractivity contribution in [1.29, 1.82) is 0 Å². The number of rotatable bonds is 18. The van der Waals surface area contributed by atoms with E-state index in [0.717, 1.165) is 0 Å². The molecule has 16 heteroatoms. The third kappa shape index (κ3) is 13.7. The van der Waals surface area contributed by atoms with Crippen LogP contribution in [0.15, 0.2) is 40.3 Å². The molecule has 4 unspecified atom stereocenters. The van der Waals surface area contributed by atoms with Crippen LogP contribution in [0.3, 0.4) is 0 Å². The maximum absolute atomic E-state index is 13.3. The summed E-state index contributed by atoms with van der Waals surface area (Å²) in [6.45, 7) is 0.385. The number of guanidine groups is 2. The molecule has 1 aromatic rings. The first-order valence-corrected chi connectivity index (χ1v) is 13.2. The molecule has 0 saturated heterocycles. The highest BCUT2D eigenvalue weighted by Crippen LogP contribution is 2.08. The van der Waals surface area contributed by atoms with Crippen molar-refractivity contribution in [2.24, 2.45) is 38.7 Å². The van der Waals surface area contributed by atoms with E-state index in [9.17, 15) is 24.3 Å². The highest BCUT2D eigenvalue weighted by Gasteiger charge is 2.30. The van der Waals surface area contributed by atoms with E-state index < -0.39 is 47.9 Å². The van der Waals surface area contributed by atoms with Gasteiger partial charge in [0.1, 0.15) is 18.1 Å². The molecule has 0 spiro atoms. The first-order valence-electron chi connectivity index (χ1n) is 12.6. The molecule has 1 rings (SSSR count). The molecular formula is C24H40N10O5S. The molecule has 222 valence electrons. The van der Waals surface area contributed by atoms with E-state index in [0.29, 0.717) is 18.4 Å². The molecule has 0 bridgehead atoms. The van der Waals surface area contributed by atoms with Gasteiger partial charge in [-0.2, -0.15) is 12.6 Å². The van der Waals surface area contributed by atoms with E-state index in [2.05, 4.69) is 38.6 Å². The summed E-state index contributed by atoms with van der Waals surface area (Å²) in [4.78, 5) is 58.5. The van der Waals surface area contributed by atoms with Crippen molar-refractivity contribution in [2.45, 2.75) is 56.3 Å². The quantitative estimate of drug-likeness (QED) is 0.0366. The zero-order chi connectivity index (χ0) is 30.1. The number of hydrogen-bond donors (Lipinski definition) is 10. The summed E-state index contributed by atoms with van der Waals surface area (Å²) in [5, 5.41) is 17.3. The fourth-order valence-electron chi connectivity index (χ4n) is 3.50. The summed E-state index contributed by atoms with van der Waals surface area (Å²) in [5.41, 5.74) is 27.7. The van der Waals surface area contributed by atoms with Gasteiger partial charge in [0.05, 0.1) is 6.04 Å². The van der Waals surface area contributed by atoms with Crippen LogP contribution in [0.4, 0.5) is 0 Å². The van der Waals surface area contributed by atoms with Crippen molar-refractivity contribution in [3.63, 3.8) is 0 Å². The van der Waals surface area contributed by atoms with Gasteiger partial charge in [-0.15, -0.1) is 0 Å². The Balaban J connectivity index is 3.11. The van der Waals surface area contributed by atoms with Crippen molar-refractivity contribution >= 4 is 48.2 Å². The van der Waals surface area contributed by atoms with Gasteiger partial charge in [-0.05, 0) is 31.2 Å². The highest BCUT2D eigenvalue weighted by molar-refractivity contribution is 7.80. The van der Waals surface area contributed by atoms with E-state index in [1.807, 2.05) is 0 Å². The summed E-state index contributed by atoms with van der Waals surface area (Å²) < 4.78 is 0. The lowest BCUT2D eigenvalue weighted by molar-refractivity contribution is -0.142. The lowest BCUT2D eigenvalue weighted by atomic mass is 10.0. The number of nitrogens with one attached hydrogen (secondary N) is 3. The largest absolute Gasteiger partial charge is 0.480 e. The summed E-state index contributed by atoms with van der Waals surface area (Å²) in [7, 11) is 0. The standard InChI is InChI=1S/C24H40N10O5S/c25-15(13-40)19(35)32-16(8-4-10-30-23(26)27)20(36)34-18(12-14-6-2-1-3-7-14)21(37)33-17(22(38)39)9-5-11-31-24(28)29/h1-3,6-7,15-18,40H,4-5,8-13,25H2,(H,32,35)(H,33,37)(H,34,36)(H,38,39)(H4,26,27,30)(H4,28,29,31). The van der Waals surface area contributed by atoms with Crippen LogP contribution < -0.4 is 44.6 Å². The number of thiol groups is 1. The van der Waals surface area contributed by atoms with E-state index in [1.165, 1.54) is 0 Å². The van der Waals surface area contributed by atoms with Gasteiger partial charge in [0, 0.05) is 25.3 Å². The first kappa shape index (κ1) is 34.0. The average molecular weight is 581 g/mol. The highest BCUT2D eigenvalue weighted by atomic mass is 32.1. The summed E-state index contributed by atoms with van der Waals surface area (Å²) in [5.74, 6) is -3.44. The van der Waals surface area contributed by atoms with E-state index >= 15 is 0 Å². The number of carboxylic acid groups (broad SMARTS) is 1. The summed E-state index contributed by atoms with van der Waals surface area (Å²) in [6, 6.07) is 4.39. The minimum Gasteiger partial charge on any atom is -0.480 e.